The SMILES string of the molecule is O=C(Nc1ccc(N2CCCCC2)nc1)N(CC1CCOC1)C1CC1. The Morgan fingerprint density at radius 2 is 2.08 bits per heavy atom. The molecular weight excluding hydrogens is 316 g/mol. The molecule has 2 aliphatic heterocycles. The van der Waals surface area contributed by atoms with Gasteiger partial charge < -0.3 is 19.9 Å². The Bertz CT molecular complexity index is 576. The summed E-state index contributed by atoms with van der Waals surface area (Å²) in [5.41, 5.74) is 0.777. The molecule has 3 aliphatic rings. The minimum absolute atomic E-state index is 0.00178. The second-order valence-corrected chi connectivity index (χ2v) is 7.50. The molecule has 1 unspecified atom stereocenters. The maximum absolute atomic E-state index is 12.7. The molecule has 1 aromatic rings. The van der Waals surface area contributed by atoms with Gasteiger partial charge in [-0.15, -0.1) is 0 Å². The van der Waals surface area contributed by atoms with Gasteiger partial charge in [-0.3, -0.25) is 0 Å². The highest BCUT2D eigenvalue weighted by molar-refractivity contribution is 5.89. The number of hydrogen-bond donors (Lipinski definition) is 1. The number of amides is 2. The molecule has 2 saturated heterocycles. The van der Waals surface area contributed by atoms with Crippen molar-refractivity contribution < 1.29 is 9.53 Å². The van der Waals surface area contributed by atoms with Gasteiger partial charge in [0.15, 0.2) is 0 Å². The molecule has 0 bridgehead atoms. The summed E-state index contributed by atoms with van der Waals surface area (Å²) < 4.78 is 5.45. The summed E-state index contributed by atoms with van der Waals surface area (Å²) >= 11 is 0. The van der Waals surface area contributed by atoms with Crippen LogP contribution in [-0.2, 0) is 4.74 Å². The first kappa shape index (κ1) is 16.6. The lowest BCUT2D eigenvalue weighted by Gasteiger charge is -2.28. The van der Waals surface area contributed by atoms with Gasteiger partial charge in [0.05, 0.1) is 18.5 Å². The minimum Gasteiger partial charge on any atom is -0.381 e. The van der Waals surface area contributed by atoms with Crippen LogP contribution in [0.3, 0.4) is 0 Å². The van der Waals surface area contributed by atoms with Gasteiger partial charge in [0.1, 0.15) is 5.82 Å². The van der Waals surface area contributed by atoms with Crippen LogP contribution in [0.4, 0.5) is 16.3 Å². The summed E-state index contributed by atoms with van der Waals surface area (Å²) in [5, 5.41) is 3.03. The Balaban J connectivity index is 1.35. The first-order valence-corrected chi connectivity index (χ1v) is 9.66. The highest BCUT2D eigenvalue weighted by Crippen LogP contribution is 2.29. The van der Waals surface area contributed by atoms with E-state index in [1.807, 2.05) is 17.0 Å². The van der Waals surface area contributed by atoms with E-state index in [1.165, 1.54) is 19.3 Å². The van der Waals surface area contributed by atoms with Crippen molar-refractivity contribution in [3.05, 3.63) is 18.3 Å². The molecule has 6 nitrogen and oxygen atoms in total. The van der Waals surface area contributed by atoms with Crippen LogP contribution in [0.25, 0.3) is 0 Å². The molecule has 0 radical (unpaired) electrons. The zero-order valence-corrected chi connectivity index (χ0v) is 14.8. The number of pyridine rings is 1. The molecule has 0 spiro atoms. The number of ether oxygens (including phenoxy) is 1. The first-order chi connectivity index (χ1) is 12.3. The van der Waals surface area contributed by atoms with Gasteiger partial charge in [0, 0.05) is 38.2 Å². The van der Waals surface area contributed by atoms with Gasteiger partial charge >= 0.3 is 6.03 Å². The Morgan fingerprint density at radius 3 is 2.72 bits per heavy atom. The van der Waals surface area contributed by atoms with Crippen LogP contribution in [0, 0.1) is 5.92 Å². The second-order valence-electron chi connectivity index (χ2n) is 7.50. The van der Waals surface area contributed by atoms with E-state index in [2.05, 4.69) is 15.2 Å². The molecule has 25 heavy (non-hydrogen) atoms. The Morgan fingerprint density at radius 1 is 1.24 bits per heavy atom. The summed E-state index contributed by atoms with van der Waals surface area (Å²) in [6.07, 6.45) is 8.87. The van der Waals surface area contributed by atoms with Crippen molar-refractivity contribution in [3.8, 4) is 0 Å². The average Bonchev–Trinajstić information content (AvgIpc) is 3.36. The fourth-order valence-corrected chi connectivity index (χ4v) is 3.75. The Labute approximate surface area is 149 Å². The number of aromatic nitrogens is 1. The zero-order chi connectivity index (χ0) is 17.1. The van der Waals surface area contributed by atoms with Crippen molar-refractivity contribution in [1.82, 2.24) is 9.88 Å². The highest BCUT2D eigenvalue weighted by Gasteiger charge is 2.34. The quantitative estimate of drug-likeness (QED) is 0.892. The molecule has 1 N–H and O–H groups in total. The highest BCUT2D eigenvalue weighted by atomic mass is 16.5. The number of rotatable bonds is 5. The number of carbonyl (C=O) groups excluding carboxylic acids is 1. The lowest BCUT2D eigenvalue weighted by Crippen LogP contribution is -2.40. The van der Waals surface area contributed by atoms with Gasteiger partial charge in [0.25, 0.3) is 0 Å². The van der Waals surface area contributed by atoms with Gasteiger partial charge in [-0.05, 0) is 50.7 Å². The molecule has 2 amide bonds. The van der Waals surface area contributed by atoms with Crippen molar-refractivity contribution in [2.45, 2.75) is 44.6 Å². The lowest BCUT2D eigenvalue weighted by atomic mass is 10.1. The molecular formula is C19H28N4O2. The van der Waals surface area contributed by atoms with Crippen LogP contribution in [0.5, 0.6) is 0 Å². The van der Waals surface area contributed by atoms with Crippen molar-refractivity contribution in [3.63, 3.8) is 0 Å². The summed E-state index contributed by atoms with van der Waals surface area (Å²) in [4.78, 5) is 21.6. The lowest BCUT2D eigenvalue weighted by molar-refractivity contribution is 0.167. The molecule has 3 fully saturated rings. The maximum atomic E-state index is 12.7. The van der Waals surface area contributed by atoms with E-state index in [4.69, 9.17) is 4.74 Å². The predicted molar refractivity (Wildman–Crippen MR) is 98.0 cm³/mol. The number of piperidine rings is 1. The molecule has 0 aromatic carbocycles. The van der Waals surface area contributed by atoms with Gasteiger partial charge in [0.2, 0.25) is 0 Å². The monoisotopic (exact) mass is 344 g/mol. The number of hydrogen-bond acceptors (Lipinski definition) is 4. The van der Waals surface area contributed by atoms with E-state index in [0.717, 1.165) is 63.6 Å². The first-order valence-electron chi connectivity index (χ1n) is 9.66. The Hall–Kier alpha value is -1.82. The predicted octanol–water partition coefficient (Wildman–Crippen LogP) is 3.10. The molecule has 1 saturated carbocycles. The van der Waals surface area contributed by atoms with Crippen molar-refractivity contribution in [2.75, 3.05) is 43.1 Å². The van der Waals surface area contributed by atoms with E-state index < -0.39 is 0 Å². The number of anilines is 2. The summed E-state index contributed by atoms with van der Waals surface area (Å²) in [7, 11) is 0. The Kier molecular flexibility index (Phi) is 5.06. The number of urea groups is 1. The maximum Gasteiger partial charge on any atom is 0.322 e. The fraction of sp³-hybridized carbons (Fsp3) is 0.684. The van der Waals surface area contributed by atoms with Crippen molar-refractivity contribution in [2.24, 2.45) is 5.92 Å². The third kappa shape index (κ3) is 4.24. The van der Waals surface area contributed by atoms with Gasteiger partial charge in [-0.25, -0.2) is 9.78 Å². The van der Waals surface area contributed by atoms with E-state index in [-0.39, 0.29) is 6.03 Å². The van der Waals surface area contributed by atoms with Crippen LogP contribution in [-0.4, -0.2) is 54.8 Å². The fourth-order valence-electron chi connectivity index (χ4n) is 3.75. The summed E-state index contributed by atoms with van der Waals surface area (Å²) in [6.45, 7) is 4.57. The molecule has 6 heteroatoms. The largest absolute Gasteiger partial charge is 0.381 e. The topological polar surface area (TPSA) is 57.7 Å². The van der Waals surface area contributed by atoms with Crippen LogP contribution >= 0.6 is 0 Å². The third-order valence-electron chi connectivity index (χ3n) is 5.41. The van der Waals surface area contributed by atoms with Gasteiger partial charge in [-0.2, -0.15) is 0 Å². The molecule has 4 rings (SSSR count). The zero-order valence-electron chi connectivity index (χ0n) is 14.8. The van der Waals surface area contributed by atoms with Crippen LogP contribution in [0.15, 0.2) is 18.3 Å². The van der Waals surface area contributed by atoms with Crippen molar-refractivity contribution >= 4 is 17.5 Å². The third-order valence-corrected chi connectivity index (χ3v) is 5.41. The molecule has 3 heterocycles. The number of carbonyl (C=O) groups is 1. The van der Waals surface area contributed by atoms with E-state index >= 15 is 0 Å². The standard InChI is InChI=1S/C19H28N4O2/c24-19(23(17-5-6-17)13-15-8-11-25-14-15)21-16-4-7-18(20-12-16)22-9-2-1-3-10-22/h4,7,12,15,17H,1-3,5-6,8-11,13-14H2,(H,21,24). The van der Waals surface area contributed by atoms with Crippen LogP contribution < -0.4 is 10.2 Å². The smallest absolute Gasteiger partial charge is 0.322 e. The number of nitrogens with one attached hydrogen (secondary N) is 1. The van der Waals surface area contributed by atoms with E-state index in [9.17, 15) is 4.79 Å². The molecule has 1 aromatic heterocycles. The van der Waals surface area contributed by atoms with Crippen LogP contribution in [0.1, 0.15) is 38.5 Å². The summed E-state index contributed by atoms with van der Waals surface area (Å²) in [5.74, 6) is 1.49. The molecule has 136 valence electrons. The van der Waals surface area contributed by atoms with E-state index in [1.54, 1.807) is 6.20 Å². The number of nitrogens with zero attached hydrogens (tertiary/aromatic N) is 3. The minimum atomic E-state index is 0.00178. The van der Waals surface area contributed by atoms with Gasteiger partial charge in [-0.1, -0.05) is 0 Å². The normalized spacial score (nSPS) is 23.5. The second kappa shape index (κ2) is 7.60. The van der Waals surface area contributed by atoms with Crippen LogP contribution in [0.2, 0.25) is 0 Å². The van der Waals surface area contributed by atoms with E-state index in [0.29, 0.717) is 12.0 Å². The average molecular weight is 344 g/mol. The van der Waals surface area contributed by atoms with Crippen molar-refractivity contribution in [1.29, 1.82) is 0 Å². The summed E-state index contributed by atoms with van der Waals surface area (Å²) in [6, 6.07) is 4.40. The molecule has 1 aliphatic carbocycles. The molecule has 1 atom stereocenters.